The van der Waals surface area contributed by atoms with Gasteiger partial charge in [0, 0.05) is 11.6 Å². The third kappa shape index (κ3) is 3.66. The van der Waals surface area contributed by atoms with E-state index >= 15 is 0 Å². The van der Waals surface area contributed by atoms with Gasteiger partial charge in [0.2, 0.25) is 0 Å². The molecule has 0 aliphatic carbocycles. The molecule has 0 fully saturated rings. The number of hydrogen-bond donors (Lipinski definition) is 0. The van der Waals surface area contributed by atoms with Crippen LogP contribution in [0.1, 0.15) is 19.1 Å². The van der Waals surface area contributed by atoms with Crippen molar-refractivity contribution in [2.45, 2.75) is 13.3 Å². The van der Waals surface area contributed by atoms with Crippen molar-refractivity contribution in [3.8, 4) is 11.3 Å². The van der Waals surface area contributed by atoms with Gasteiger partial charge in [-0.3, -0.25) is 0 Å². The lowest BCUT2D eigenvalue weighted by atomic mass is 10.1. The van der Waals surface area contributed by atoms with Gasteiger partial charge in [-0.05, 0) is 30.7 Å². The summed E-state index contributed by atoms with van der Waals surface area (Å²) < 4.78 is 18.1. The van der Waals surface area contributed by atoms with Crippen LogP contribution in [-0.4, -0.2) is 22.8 Å². The largest absolute Gasteiger partial charge is 0.395 e. The summed E-state index contributed by atoms with van der Waals surface area (Å²) in [5.74, 6) is 0.241. The van der Waals surface area contributed by atoms with Crippen LogP contribution in [0.15, 0.2) is 40.0 Å². The predicted octanol–water partition coefficient (Wildman–Crippen LogP) is 4.01. The summed E-state index contributed by atoms with van der Waals surface area (Å²) in [6, 6.07) is 7.81. The summed E-state index contributed by atoms with van der Waals surface area (Å²) in [5, 5.41) is 8.45. The number of alkyl halides is 1. The van der Waals surface area contributed by atoms with E-state index in [9.17, 15) is 4.39 Å². The van der Waals surface area contributed by atoms with Gasteiger partial charge in [0.05, 0.1) is 5.33 Å². The van der Waals surface area contributed by atoms with Crippen LogP contribution in [0, 0.1) is 5.82 Å². The molecule has 4 nitrogen and oxygen atoms in total. The van der Waals surface area contributed by atoms with Crippen molar-refractivity contribution in [3.05, 3.63) is 41.9 Å². The number of oxime groups is 1. The van der Waals surface area contributed by atoms with Crippen LogP contribution in [0.25, 0.3) is 11.3 Å². The molecule has 0 radical (unpaired) electrons. The average Bonchev–Trinajstić information content (AvgIpc) is 2.94. The van der Waals surface area contributed by atoms with E-state index in [0.29, 0.717) is 29.1 Å². The fourth-order valence-electron chi connectivity index (χ4n) is 1.52. The van der Waals surface area contributed by atoms with Crippen molar-refractivity contribution >= 4 is 21.6 Å². The number of halogens is 2. The molecule has 1 aromatic carbocycles. The zero-order valence-electron chi connectivity index (χ0n) is 11.0. The molecular weight excluding hydrogens is 327 g/mol. The Morgan fingerprint density at radius 2 is 2.15 bits per heavy atom. The minimum absolute atomic E-state index is 0.284. The number of hydrogen-bond acceptors (Lipinski definition) is 4. The van der Waals surface area contributed by atoms with Crippen LogP contribution in [0.4, 0.5) is 4.39 Å². The van der Waals surface area contributed by atoms with Gasteiger partial charge < -0.3 is 9.36 Å². The molecule has 0 aliphatic heterocycles. The van der Waals surface area contributed by atoms with Crippen molar-refractivity contribution in [1.29, 1.82) is 0 Å². The average molecular weight is 341 g/mol. The van der Waals surface area contributed by atoms with Crippen molar-refractivity contribution in [1.82, 2.24) is 5.16 Å². The van der Waals surface area contributed by atoms with Crippen molar-refractivity contribution in [2.24, 2.45) is 5.16 Å². The van der Waals surface area contributed by atoms with Gasteiger partial charge >= 0.3 is 0 Å². The monoisotopic (exact) mass is 340 g/mol. The number of aromatic nitrogens is 1. The number of nitrogens with zero attached hydrogens (tertiary/aromatic N) is 2. The number of benzene rings is 1. The molecule has 0 saturated heterocycles. The maximum atomic E-state index is 12.9. The molecule has 0 N–H and O–H groups in total. The summed E-state index contributed by atoms with van der Waals surface area (Å²) >= 11 is 3.33. The Kier molecular flexibility index (Phi) is 5.29. The highest BCUT2D eigenvalue weighted by Gasteiger charge is 2.12. The van der Waals surface area contributed by atoms with Crippen molar-refractivity contribution < 1.29 is 13.8 Å². The first-order chi connectivity index (χ1) is 9.74. The molecule has 0 unspecified atom stereocenters. The Labute approximate surface area is 124 Å². The molecule has 0 aliphatic rings. The zero-order valence-corrected chi connectivity index (χ0v) is 12.6. The maximum absolute atomic E-state index is 12.9. The molecular formula is C14H14BrFN2O2. The van der Waals surface area contributed by atoms with Gasteiger partial charge in [0.15, 0.2) is 5.76 Å². The summed E-state index contributed by atoms with van der Waals surface area (Å²) in [4.78, 5) is 5.14. The van der Waals surface area contributed by atoms with Crippen molar-refractivity contribution in [2.75, 3.05) is 11.9 Å². The van der Waals surface area contributed by atoms with E-state index in [2.05, 4.69) is 26.2 Å². The Balaban J connectivity index is 2.18. The zero-order chi connectivity index (χ0) is 14.4. The Morgan fingerprint density at radius 3 is 2.80 bits per heavy atom. The minimum Gasteiger partial charge on any atom is -0.395 e. The lowest BCUT2D eigenvalue weighted by Crippen LogP contribution is -2.02. The molecule has 0 spiro atoms. The summed E-state index contributed by atoms with van der Waals surface area (Å²) in [5.41, 5.74) is 2.04. The fraction of sp³-hybridized carbons (Fsp3) is 0.286. The molecule has 6 heteroatoms. The Morgan fingerprint density at radius 1 is 1.40 bits per heavy atom. The minimum atomic E-state index is -0.284. The topological polar surface area (TPSA) is 47.6 Å². The van der Waals surface area contributed by atoms with Gasteiger partial charge in [-0.15, -0.1) is 0 Å². The van der Waals surface area contributed by atoms with Crippen LogP contribution in [0.5, 0.6) is 0 Å². The Bertz CT molecular complexity index is 581. The van der Waals surface area contributed by atoms with E-state index in [1.165, 1.54) is 12.1 Å². The van der Waals surface area contributed by atoms with E-state index < -0.39 is 0 Å². The summed E-state index contributed by atoms with van der Waals surface area (Å²) in [7, 11) is 0. The first kappa shape index (κ1) is 14.7. The smallest absolute Gasteiger partial charge is 0.185 e. The summed E-state index contributed by atoms with van der Waals surface area (Å²) in [6.07, 6.45) is 0.885. The van der Waals surface area contributed by atoms with E-state index in [1.54, 1.807) is 18.2 Å². The standard InChI is InChI=1S/C14H14BrFN2O2/c1-2-7-19-17-13(9-15)14-8-12(18-20-14)10-3-5-11(16)6-4-10/h3-6,8H,2,7,9H2,1H3. The SMILES string of the molecule is CCCON=C(CBr)c1cc(-c2ccc(F)cc2)no1. The van der Waals surface area contributed by atoms with E-state index in [4.69, 9.17) is 9.36 Å². The highest BCUT2D eigenvalue weighted by Crippen LogP contribution is 2.20. The molecule has 1 aromatic heterocycles. The lowest BCUT2D eigenvalue weighted by molar-refractivity contribution is 0.144. The third-order valence-corrected chi connectivity index (χ3v) is 3.06. The summed E-state index contributed by atoms with van der Waals surface area (Å²) in [6.45, 7) is 2.56. The van der Waals surface area contributed by atoms with E-state index in [0.717, 1.165) is 12.0 Å². The van der Waals surface area contributed by atoms with Gasteiger partial charge in [0.25, 0.3) is 0 Å². The molecule has 106 valence electrons. The molecule has 2 rings (SSSR count). The molecule has 0 bridgehead atoms. The molecule has 20 heavy (non-hydrogen) atoms. The van der Waals surface area contributed by atoms with Crippen LogP contribution in [0.2, 0.25) is 0 Å². The van der Waals surface area contributed by atoms with Gasteiger partial charge in [0.1, 0.15) is 23.8 Å². The predicted molar refractivity (Wildman–Crippen MR) is 78.5 cm³/mol. The van der Waals surface area contributed by atoms with Crippen LogP contribution in [0.3, 0.4) is 0 Å². The highest BCUT2D eigenvalue weighted by atomic mass is 79.9. The first-order valence-electron chi connectivity index (χ1n) is 6.22. The van der Waals surface area contributed by atoms with Gasteiger partial charge in [-0.25, -0.2) is 4.39 Å². The Hall–Kier alpha value is -1.69. The quantitative estimate of drug-likeness (QED) is 0.345. The van der Waals surface area contributed by atoms with Crippen molar-refractivity contribution in [3.63, 3.8) is 0 Å². The van der Waals surface area contributed by atoms with Crippen LogP contribution >= 0.6 is 15.9 Å². The highest BCUT2D eigenvalue weighted by molar-refractivity contribution is 9.09. The number of rotatable bonds is 6. The lowest BCUT2D eigenvalue weighted by Gasteiger charge is -1.98. The molecule has 0 saturated carbocycles. The van der Waals surface area contributed by atoms with Crippen LogP contribution < -0.4 is 0 Å². The van der Waals surface area contributed by atoms with E-state index in [-0.39, 0.29) is 5.82 Å². The van der Waals surface area contributed by atoms with Gasteiger partial charge in [-0.2, -0.15) is 0 Å². The van der Waals surface area contributed by atoms with E-state index in [1.807, 2.05) is 6.92 Å². The maximum Gasteiger partial charge on any atom is 0.185 e. The first-order valence-corrected chi connectivity index (χ1v) is 7.34. The third-order valence-electron chi connectivity index (χ3n) is 2.53. The molecule has 2 aromatic rings. The second-order valence-electron chi connectivity index (χ2n) is 4.09. The van der Waals surface area contributed by atoms with Crippen LogP contribution in [-0.2, 0) is 4.84 Å². The molecule has 0 amide bonds. The second kappa shape index (κ2) is 7.19. The fourth-order valence-corrected chi connectivity index (χ4v) is 1.90. The molecule has 0 atom stereocenters. The normalized spacial score (nSPS) is 11.7. The second-order valence-corrected chi connectivity index (χ2v) is 4.65. The van der Waals surface area contributed by atoms with Gasteiger partial charge in [-0.1, -0.05) is 33.2 Å². The molecule has 1 heterocycles.